The van der Waals surface area contributed by atoms with Crippen molar-refractivity contribution in [1.82, 2.24) is 10.2 Å². The molecule has 198 valence electrons. The Morgan fingerprint density at radius 3 is 2.14 bits per heavy atom. The highest BCUT2D eigenvalue weighted by molar-refractivity contribution is 5.86. The largest absolute Gasteiger partial charge is 0.460 e. The third-order valence-electron chi connectivity index (χ3n) is 5.39. The summed E-state index contributed by atoms with van der Waals surface area (Å²) < 4.78 is 10.7. The number of unbranched alkanes of at least 4 members (excludes halogenated alkanes) is 1. The topological polar surface area (TPSA) is 84.9 Å². The van der Waals surface area contributed by atoms with Gasteiger partial charge in [-0.3, -0.25) is 9.59 Å². The summed E-state index contributed by atoms with van der Waals surface area (Å²) in [6.07, 6.45) is 4.47. The van der Waals surface area contributed by atoms with E-state index in [1.54, 1.807) is 20.8 Å². The summed E-state index contributed by atoms with van der Waals surface area (Å²) in [4.78, 5) is 39.2. The maximum Gasteiger partial charge on any atom is 0.408 e. The molecule has 7 nitrogen and oxygen atoms in total. The van der Waals surface area contributed by atoms with E-state index in [9.17, 15) is 14.4 Å². The molecule has 1 saturated heterocycles. The Balaban J connectivity index is 1.96. The van der Waals surface area contributed by atoms with E-state index in [0.717, 1.165) is 30.4 Å². The number of hydrogen-bond acceptors (Lipinski definition) is 5. The van der Waals surface area contributed by atoms with Crippen LogP contribution in [0.3, 0.4) is 0 Å². The average molecular weight is 499 g/mol. The van der Waals surface area contributed by atoms with Crippen molar-refractivity contribution in [3.8, 4) is 11.8 Å². The fourth-order valence-corrected chi connectivity index (χ4v) is 3.82. The van der Waals surface area contributed by atoms with Gasteiger partial charge in [0.15, 0.2) is 0 Å². The van der Waals surface area contributed by atoms with Crippen molar-refractivity contribution in [2.45, 2.75) is 104 Å². The number of nitrogens with zero attached hydrogens (tertiary/aromatic N) is 1. The van der Waals surface area contributed by atoms with Crippen LogP contribution in [0.15, 0.2) is 24.3 Å². The molecule has 0 saturated carbocycles. The Labute approximate surface area is 216 Å². The number of piperidine rings is 1. The van der Waals surface area contributed by atoms with Crippen LogP contribution in [0.2, 0.25) is 0 Å². The van der Waals surface area contributed by atoms with Crippen molar-refractivity contribution in [3.05, 3.63) is 35.4 Å². The van der Waals surface area contributed by atoms with Crippen LogP contribution < -0.4 is 5.32 Å². The molecular formula is C29H42N2O5. The molecule has 0 unspecified atom stereocenters. The number of carbonyl (C=O) groups excluding carboxylic acids is 3. The Hall–Kier alpha value is -3.01. The van der Waals surface area contributed by atoms with E-state index in [1.807, 2.05) is 49.9 Å². The van der Waals surface area contributed by atoms with Crippen LogP contribution in [0.25, 0.3) is 0 Å². The molecule has 0 spiro atoms. The van der Waals surface area contributed by atoms with Gasteiger partial charge in [0.05, 0.1) is 0 Å². The average Bonchev–Trinajstić information content (AvgIpc) is 2.77. The molecule has 0 bridgehead atoms. The molecule has 1 aliphatic rings. The molecule has 1 aromatic rings. The van der Waals surface area contributed by atoms with Crippen LogP contribution in [-0.4, -0.2) is 53.2 Å². The molecule has 1 fully saturated rings. The van der Waals surface area contributed by atoms with Crippen LogP contribution in [-0.2, 0) is 25.5 Å². The molecule has 1 aromatic carbocycles. The summed E-state index contributed by atoms with van der Waals surface area (Å²) in [6, 6.07) is 6.98. The van der Waals surface area contributed by atoms with E-state index in [0.29, 0.717) is 38.8 Å². The molecule has 7 heteroatoms. The highest BCUT2D eigenvalue weighted by atomic mass is 16.6. The highest BCUT2D eigenvalue weighted by Crippen LogP contribution is 2.15. The summed E-state index contributed by atoms with van der Waals surface area (Å²) in [5.41, 5.74) is 0.673. The first kappa shape index (κ1) is 29.2. The van der Waals surface area contributed by atoms with Gasteiger partial charge in [-0.25, -0.2) is 4.79 Å². The SMILES string of the molecule is CC(C)(C)OC(=O)CCCC#Cc1ccc(C[C@H](NC(=O)OC(C)(C)C)C(=O)N2CCCCC2)cc1. The first-order valence-corrected chi connectivity index (χ1v) is 12.9. The Kier molecular flexibility index (Phi) is 10.8. The fourth-order valence-electron chi connectivity index (χ4n) is 3.82. The Bertz CT molecular complexity index is 939. The van der Waals surface area contributed by atoms with Gasteiger partial charge in [0.1, 0.15) is 17.2 Å². The van der Waals surface area contributed by atoms with Gasteiger partial charge in [0.25, 0.3) is 0 Å². The maximum absolute atomic E-state index is 13.2. The number of likely N-dealkylation sites (tertiary alicyclic amines) is 1. The monoisotopic (exact) mass is 498 g/mol. The van der Waals surface area contributed by atoms with Crippen LogP contribution >= 0.6 is 0 Å². The number of carbonyl (C=O) groups is 3. The molecule has 1 atom stereocenters. The minimum atomic E-state index is -0.692. The molecule has 0 radical (unpaired) electrons. The number of amides is 2. The van der Waals surface area contributed by atoms with E-state index in [-0.39, 0.29) is 11.9 Å². The minimum absolute atomic E-state index is 0.0746. The van der Waals surface area contributed by atoms with Gasteiger partial charge in [-0.05, 0) is 84.9 Å². The van der Waals surface area contributed by atoms with E-state index in [2.05, 4.69) is 17.2 Å². The molecule has 1 heterocycles. The lowest BCUT2D eigenvalue weighted by Crippen LogP contribution is -2.51. The molecule has 0 aromatic heterocycles. The number of hydrogen-bond donors (Lipinski definition) is 1. The second-order valence-electron chi connectivity index (χ2n) is 11.2. The third-order valence-corrected chi connectivity index (χ3v) is 5.39. The predicted octanol–water partition coefficient (Wildman–Crippen LogP) is 5.00. The van der Waals surface area contributed by atoms with Crippen molar-refractivity contribution in [2.75, 3.05) is 13.1 Å². The third kappa shape index (κ3) is 11.6. The van der Waals surface area contributed by atoms with Gasteiger partial charge >= 0.3 is 12.1 Å². The Morgan fingerprint density at radius 2 is 1.56 bits per heavy atom. The second kappa shape index (κ2) is 13.3. The molecule has 36 heavy (non-hydrogen) atoms. The van der Waals surface area contributed by atoms with Gasteiger partial charge in [-0.1, -0.05) is 24.0 Å². The standard InChI is InChI=1S/C29H42N2O5/c1-28(2,3)35-25(32)14-10-7-9-13-22-15-17-23(18-16-22)21-24(30-27(34)36-29(4,5)6)26(33)31-19-11-8-12-20-31/h15-18,24H,7-8,10-12,14,19-21H2,1-6H3,(H,30,34)/t24-/m0/s1. The second-order valence-corrected chi connectivity index (χ2v) is 11.2. The van der Waals surface area contributed by atoms with Crippen molar-refractivity contribution >= 4 is 18.0 Å². The summed E-state index contributed by atoms with van der Waals surface area (Å²) in [5, 5.41) is 2.79. The lowest BCUT2D eigenvalue weighted by atomic mass is 10.0. The van der Waals surface area contributed by atoms with Gasteiger partial charge in [0.2, 0.25) is 5.91 Å². The van der Waals surface area contributed by atoms with Crippen molar-refractivity contribution in [3.63, 3.8) is 0 Å². The van der Waals surface area contributed by atoms with E-state index >= 15 is 0 Å². The summed E-state index contributed by atoms with van der Waals surface area (Å²) >= 11 is 0. The van der Waals surface area contributed by atoms with E-state index < -0.39 is 23.3 Å². The van der Waals surface area contributed by atoms with Gasteiger partial charge in [-0.15, -0.1) is 0 Å². The van der Waals surface area contributed by atoms with Crippen LogP contribution in [0.1, 0.15) is 91.2 Å². The minimum Gasteiger partial charge on any atom is -0.460 e. The Morgan fingerprint density at radius 1 is 0.944 bits per heavy atom. The van der Waals surface area contributed by atoms with Gasteiger partial charge in [0, 0.05) is 37.9 Å². The molecule has 2 amide bonds. The zero-order chi connectivity index (χ0) is 26.8. The zero-order valence-corrected chi connectivity index (χ0v) is 22.7. The molecule has 2 rings (SSSR count). The van der Waals surface area contributed by atoms with Crippen LogP contribution in [0, 0.1) is 11.8 Å². The lowest BCUT2D eigenvalue weighted by molar-refractivity contribution is -0.154. The first-order chi connectivity index (χ1) is 16.8. The molecule has 1 N–H and O–H groups in total. The molecule has 0 aliphatic carbocycles. The summed E-state index contributed by atoms with van der Waals surface area (Å²) in [6.45, 7) is 12.4. The van der Waals surface area contributed by atoms with Crippen LogP contribution in [0.5, 0.6) is 0 Å². The van der Waals surface area contributed by atoms with Crippen molar-refractivity contribution in [1.29, 1.82) is 0 Å². The number of benzene rings is 1. The van der Waals surface area contributed by atoms with Crippen molar-refractivity contribution < 1.29 is 23.9 Å². The smallest absolute Gasteiger partial charge is 0.408 e. The quantitative estimate of drug-likeness (QED) is 0.325. The number of rotatable bonds is 7. The number of alkyl carbamates (subject to hydrolysis) is 1. The lowest BCUT2D eigenvalue weighted by Gasteiger charge is -2.31. The van der Waals surface area contributed by atoms with Crippen molar-refractivity contribution in [2.24, 2.45) is 0 Å². The van der Waals surface area contributed by atoms with E-state index in [4.69, 9.17) is 9.47 Å². The van der Waals surface area contributed by atoms with Crippen LogP contribution in [0.4, 0.5) is 4.79 Å². The predicted molar refractivity (Wildman–Crippen MR) is 140 cm³/mol. The summed E-state index contributed by atoms with van der Waals surface area (Å²) in [5.74, 6) is 5.93. The number of ether oxygens (including phenoxy) is 2. The zero-order valence-electron chi connectivity index (χ0n) is 22.7. The fraction of sp³-hybridized carbons (Fsp3) is 0.621. The molecule has 1 aliphatic heterocycles. The summed E-state index contributed by atoms with van der Waals surface area (Å²) in [7, 11) is 0. The molecular weight excluding hydrogens is 456 g/mol. The normalized spacial score (nSPS) is 14.8. The van der Waals surface area contributed by atoms with E-state index in [1.165, 1.54) is 0 Å². The first-order valence-electron chi connectivity index (χ1n) is 12.9. The van der Waals surface area contributed by atoms with Gasteiger partial charge < -0.3 is 19.7 Å². The number of esters is 1. The van der Waals surface area contributed by atoms with Gasteiger partial charge in [-0.2, -0.15) is 0 Å². The number of nitrogens with one attached hydrogen (secondary N) is 1. The maximum atomic E-state index is 13.2. The highest BCUT2D eigenvalue weighted by Gasteiger charge is 2.29.